The highest BCUT2D eigenvalue weighted by molar-refractivity contribution is 9.10. The predicted octanol–water partition coefficient (Wildman–Crippen LogP) is 4.67. The molecule has 28 heavy (non-hydrogen) atoms. The van der Waals surface area contributed by atoms with Crippen molar-refractivity contribution in [2.24, 2.45) is 0 Å². The van der Waals surface area contributed by atoms with Crippen LogP contribution in [0.5, 0.6) is 5.75 Å². The van der Waals surface area contributed by atoms with Crippen molar-refractivity contribution >= 4 is 21.6 Å². The van der Waals surface area contributed by atoms with Gasteiger partial charge in [-0.15, -0.1) is 0 Å². The fourth-order valence-electron chi connectivity index (χ4n) is 4.19. The van der Waals surface area contributed by atoms with Gasteiger partial charge in [0.2, 0.25) is 0 Å². The minimum atomic E-state index is 0.237. The Bertz CT molecular complexity index is 773. The number of fused-ring (bicyclic) bond motifs is 1. The van der Waals surface area contributed by atoms with Crippen LogP contribution in [0.25, 0.3) is 0 Å². The van der Waals surface area contributed by atoms with Gasteiger partial charge in [-0.25, -0.2) is 0 Å². The summed E-state index contributed by atoms with van der Waals surface area (Å²) in [4.78, 5) is 5.04. The predicted molar refractivity (Wildman–Crippen MR) is 117 cm³/mol. The Labute approximate surface area is 176 Å². The van der Waals surface area contributed by atoms with E-state index in [4.69, 9.17) is 9.47 Å². The molecule has 2 heterocycles. The van der Waals surface area contributed by atoms with Gasteiger partial charge in [0.15, 0.2) is 0 Å². The first-order chi connectivity index (χ1) is 13.7. The molecule has 0 amide bonds. The average Bonchev–Trinajstić information content (AvgIpc) is 2.73. The SMILES string of the molecule is CCOc1ccc(N2CCN(CCC3OCCc4cc(Br)ccc43)CC2)cc1. The van der Waals surface area contributed by atoms with E-state index < -0.39 is 0 Å². The zero-order valence-electron chi connectivity index (χ0n) is 16.6. The molecule has 0 N–H and O–H groups in total. The maximum absolute atomic E-state index is 6.09. The number of benzene rings is 2. The Balaban J connectivity index is 1.27. The van der Waals surface area contributed by atoms with Crippen LogP contribution in [0.15, 0.2) is 46.9 Å². The van der Waals surface area contributed by atoms with E-state index in [9.17, 15) is 0 Å². The van der Waals surface area contributed by atoms with Crippen LogP contribution in [0.4, 0.5) is 5.69 Å². The Morgan fingerprint density at radius 3 is 2.61 bits per heavy atom. The molecular weight excluding hydrogens is 416 g/mol. The molecule has 0 aromatic heterocycles. The fraction of sp³-hybridized carbons (Fsp3) is 0.478. The molecule has 1 unspecified atom stereocenters. The van der Waals surface area contributed by atoms with Gasteiger partial charge in [-0.3, -0.25) is 4.90 Å². The Morgan fingerprint density at radius 1 is 1.07 bits per heavy atom. The molecule has 1 atom stereocenters. The van der Waals surface area contributed by atoms with E-state index in [2.05, 4.69) is 68.2 Å². The molecule has 2 aliphatic heterocycles. The van der Waals surface area contributed by atoms with Crippen LogP contribution < -0.4 is 9.64 Å². The van der Waals surface area contributed by atoms with E-state index in [0.717, 1.165) is 62.4 Å². The molecule has 1 saturated heterocycles. The minimum Gasteiger partial charge on any atom is -0.494 e. The molecule has 4 nitrogen and oxygen atoms in total. The lowest BCUT2D eigenvalue weighted by molar-refractivity contribution is 0.0289. The molecule has 0 saturated carbocycles. The van der Waals surface area contributed by atoms with Crippen molar-refractivity contribution in [3.05, 3.63) is 58.1 Å². The summed E-state index contributed by atoms with van der Waals surface area (Å²) in [5.41, 5.74) is 4.10. The lowest BCUT2D eigenvalue weighted by Crippen LogP contribution is -2.46. The zero-order valence-corrected chi connectivity index (χ0v) is 18.2. The third kappa shape index (κ3) is 4.70. The number of hydrogen-bond donors (Lipinski definition) is 0. The molecule has 150 valence electrons. The first-order valence-corrected chi connectivity index (χ1v) is 11.1. The molecule has 1 fully saturated rings. The molecule has 0 radical (unpaired) electrons. The quantitative estimate of drug-likeness (QED) is 0.645. The van der Waals surface area contributed by atoms with Crippen molar-refractivity contribution < 1.29 is 9.47 Å². The van der Waals surface area contributed by atoms with Crippen molar-refractivity contribution in [3.63, 3.8) is 0 Å². The normalized spacial score (nSPS) is 20.1. The summed E-state index contributed by atoms with van der Waals surface area (Å²) < 4.78 is 12.8. The number of halogens is 1. The lowest BCUT2D eigenvalue weighted by Gasteiger charge is -2.37. The molecule has 0 spiro atoms. The van der Waals surface area contributed by atoms with Gasteiger partial charge in [0.1, 0.15) is 5.75 Å². The molecule has 2 aliphatic rings. The van der Waals surface area contributed by atoms with Crippen molar-refractivity contribution in [1.82, 2.24) is 4.90 Å². The molecule has 2 aromatic carbocycles. The molecule has 0 bridgehead atoms. The molecular formula is C23H29BrN2O2. The average molecular weight is 445 g/mol. The molecule has 2 aromatic rings. The van der Waals surface area contributed by atoms with Crippen LogP contribution in [0.1, 0.15) is 30.6 Å². The van der Waals surface area contributed by atoms with Crippen LogP contribution in [0, 0.1) is 0 Å². The Morgan fingerprint density at radius 2 is 1.86 bits per heavy atom. The fourth-order valence-corrected chi connectivity index (χ4v) is 4.60. The van der Waals surface area contributed by atoms with Crippen LogP contribution in [-0.2, 0) is 11.2 Å². The first kappa shape index (κ1) is 19.7. The van der Waals surface area contributed by atoms with Gasteiger partial charge in [0.25, 0.3) is 0 Å². The van der Waals surface area contributed by atoms with E-state index in [1.807, 2.05) is 6.92 Å². The topological polar surface area (TPSA) is 24.9 Å². The summed E-state index contributed by atoms with van der Waals surface area (Å²) in [5.74, 6) is 0.949. The molecule has 0 aliphatic carbocycles. The Kier molecular flexibility index (Phi) is 6.55. The van der Waals surface area contributed by atoms with Gasteiger partial charge in [0.05, 0.1) is 19.3 Å². The summed E-state index contributed by atoms with van der Waals surface area (Å²) in [6.07, 6.45) is 2.32. The van der Waals surface area contributed by atoms with E-state index in [1.165, 1.54) is 16.8 Å². The Hall–Kier alpha value is -1.56. The van der Waals surface area contributed by atoms with E-state index in [-0.39, 0.29) is 6.10 Å². The van der Waals surface area contributed by atoms with E-state index >= 15 is 0 Å². The number of rotatable bonds is 6. The molecule has 4 rings (SSSR count). The summed E-state index contributed by atoms with van der Waals surface area (Å²) >= 11 is 3.59. The number of nitrogens with zero attached hydrogens (tertiary/aromatic N) is 2. The van der Waals surface area contributed by atoms with E-state index in [1.54, 1.807) is 0 Å². The van der Waals surface area contributed by atoms with Gasteiger partial charge >= 0.3 is 0 Å². The van der Waals surface area contributed by atoms with E-state index in [0.29, 0.717) is 6.61 Å². The van der Waals surface area contributed by atoms with Crippen molar-refractivity contribution in [2.75, 3.05) is 50.8 Å². The lowest BCUT2D eigenvalue weighted by atomic mass is 9.95. The second-order valence-electron chi connectivity index (χ2n) is 7.50. The van der Waals surface area contributed by atoms with Gasteiger partial charge < -0.3 is 14.4 Å². The highest BCUT2D eigenvalue weighted by atomic mass is 79.9. The number of hydrogen-bond acceptors (Lipinski definition) is 4. The van der Waals surface area contributed by atoms with Crippen LogP contribution in [-0.4, -0.2) is 50.8 Å². The molecule has 5 heteroatoms. The number of ether oxygens (including phenoxy) is 2. The second kappa shape index (κ2) is 9.29. The van der Waals surface area contributed by atoms with Gasteiger partial charge in [-0.1, -0.05) is 22.0 Å². The van der Waals surface area contributed by atoms with Crippen LogP contribution in [0.3, 0.4) is 0 Å². The van der Waals surface area contributed by atoms with Crippen molar-refractivity contribution in [3.8, 4) is 5.75 Å². The van der Waals surface area contributed by atoms with Gasteiger partial charge in [-0.05, 0) is 67.3 Å². The maximum Gasteiger partial charge on any atom is 0.119 e. The third-order valence-electron chi connectivity index (χ3n) is 5.74. The smallest absolute Gasteiger partial charge is 0.119 e. The number of anilines is 1. The largest absolute Gasteiger partial charge is 0.494 e. The second-order valence-corrected chi connectivity index (χ2v) is 8.41. The van der Waals surface area contributed by atoms with Gasteiger partial charge in [0, 0.05) is 42.9 Å². The summed E-state index contributed by atoms with van der Waals surface area (Å²) in [5, 5.41) is 0. The van der Waals surface area contributed by atoms with Crippen LogP contribution in [0.2, 0.25) is 0 Å². The maximum atomic E-state index is 6.09. The monoisotopic (exact) mass is 444 g/mol. The summed E-state index contributed by atoms with van der Waals surface area (Å²) in [6, 6.07) is 15.1. The zero-order chi connectivity index (χ0) is 19.3. The van der Waals surface area contributed by atoms with Crippen molar-refractivity contribution in [2.45, 2.75) is 25.9 Å². The third-order valence-corrected chi connectivity index (χ3v) is 6.23. The highest BCUT2D eigenvalue weighted by Crippen LogP contribution is 2.32. The summed E-state index contributed by atoms with van der Waals surface area (Å²) in [6.45, 7) is 9.01. The van der Waals surface area contributed by atoms with Crippen LogP contribution >= 0.6 is 15.9 Å². The van der Waals surface area contributed by atoms with Gasteiger partial charge in [-0.2, -0.15) is 0 Å². The standard InChI is InChI=1S/C23H29BrN2O2/c1-2-27-21-6-4-20(5-7-21)26-14-12-25(13-15-26)11-9-23-22-8-3-19(24)17-18(22)10-16-28-23/h3-8,17,23H,2,9-16H2,1H3. The highest BCUT2D eigenvalue weighted by Gasteiger charge is 2.23. The number of piperazine rings is 1. The minimum absolute atomic E-state index is 0.237. The summed E-state index contributed by atoms with van der Waals surface area (Å²) in [7, 11) is 0. The van der Waals surface area contributed by atoms with Crippen molar-refractivity contribution in [1.29, 1.82) is 0 Å². The first-order valence-electron chi connectivity index (χ1n) is 10.3.